The third-order valence-corrected chi connectivity index (χ3v) is 7.57. The van der Waals surface area contributed by atoms with Gasteiger partial charge in [0.1, 0.15) is 6.10 Å². The van der Waals surface area contributed by atoms with Crippen LogP contribution in [0.15, 0.2) is 30.3 Å². The lowest BCUT2D eigenvalue weighted by Gasteiger charge is -2.33. The van der Waals surface area contributed by atoms with Gasteiger partial charge in [0, 0.05) is 19.1 Å². The minimum absolute atomic E-state index is 0.0916. The molecule has 0 aromatic heterocycles. The predicted octanol–water partition coefficient (Wildman–Crippen LogP) is 3.45. The first kappa shape index (κ1) is 13.7. The lowest BCUT2D eigenvalue weighted by molar-refractivity contribution is 0.215. The molecule has 3 atom stereocenters. The maximum absolute atomic E-state index is 6.33. The Morgan fingerprint density at radius 3 is 2.58 bits per heavy atom. The summed E-state index contributed by atoms with van der Waals surface area (Å²) >= 11 is 5.84. The van der Waals surface area contributed by atoms with Gasteiger partial charge in [0.25, 0.3) is 0 Å². The predicted molar refractivity (Wildman–Crippen MR) is 82.6 cm³/mol. The third kappa shape index (κ3) is 2.79. The van der Waals surface area contributed by atoms with E-state index >= 15 is 0 Å². The van der Waals surface area contributed by atoms with Gasteiger partial charge in [-0.15, -0.1) is 0 Å². The first-order valence-electron chi connectivity index (χ1n) is 7.06. The molecular weight excluding hydrogens is 275 g/mol. The Kier molecular flexibility index (Phi) is 4.06. The molecule has 2 fully saturated rings. The van der Waals surface area contributed by atoms with Crippen molar-refractivity contribution in [3.63, 3.8) is 0 Å². The second-order valence-corrected chi connectivity index (χ2v) is 8.95. The van der Waals surface area contributed by atoms with Gasteiger partial charge in [-0.1, -0.05) is 36.8 Å². The highest BCUT2D eigenvalue weighted by Crippen LogP contribution is 2.58. The molecule has 2 aliphatic heterocycles. The third-order valence-electron chi connectivity index (χ3n) is 3.91. The molecule has 2 heterocycles. The Morgan fingerprint density at radius 2 is 1.89 bits per heavy atom. The maximum Gasteiger partial charge on any atom is 0.201 e. The first-order valence-corrected chi connectivity index (χ1v) is 9.73. The van der Waals surface area contributed by atoms with E-state index in [1.807, 2.05) is 6.07 Å². The molecule has 3 nitrogen and oxygen atoms in total. The van der Waals surface area contributed by atoms with Crippen LogP contribution in [0.2, 0.25) is 0 Å². The van der Waals surface area contributed by atoms with E-state index in [2.05, 4.69) is 40.9 Å². The molecule has 0 bridgehead atoms. The van der Waals surface area contributed by atoms with E-state index < -0.39 is 6.57 Å². The fourth-order valence-corrected chi connectivity index (χ4v) is 6.58. The van der Waals surface area contributed by atoms with Gasteiger partial charge in [0.2, 0.25) is 6.57 Å². The van der Waals surface area contributed by atoms with E-state index in [4.69, 9.17) is 16.3 Å². The molecule has 19 heavy (non-hydrogen) atoms. The zero-order valence-electron chi connectivity index (χ0n) is 11.3. The van der Waals surface area contributed by atoms with Gasteiger partial charge in [-0.25, -0.2) is 9.76 Å². The van der Waals surface area contributed by atoms with E-state index in [1.165, 1.54) is 24.8 Å². The zero-order valence-corrected chi connectivity index (χ0v) is 13.0. The van der Waals surface area contributed by atoms with Crippen molar-refractivity contribution in [1.29, 1.82) is 0 Å². The average molecular weight is 296 g/mol. The second-order valence-electron chi connectivity index (χ2n) is 5.39. The number of benzene rings is 1. The summed E-state index contributed by atoms with van der Waals surface area (Å²) in [5.41, 5.74) is 1.23. The van der Waals surface area contributed by atoms with Crippen LogP contribution in [0.4, 0.5) is 0 Å². The minimum atomic E-state index is -2.01. The van der Waals surface area contributed by atoms with Crippen LogP contribution in [0, 0.1) is 0 Å². The monoisotopic (exact) mass is 296 g/mol. The number of rotatable bonds is 2. The summed E-state index contributed by atoms with van der Waals surface area (Å²) in [7, 11) is 0. The highest BCUT2D eigenvalue weighted by atomic mass is 32.5. The van der Waals surface area contributed by atoms with E-state index in [0.29, 0.717) is 0 Å². The van der Waals surface area contributed by atoms with Gasteiger partial charge in [-0.2, -0.15) is 0 Å². The van der Waals surface area contributed by atoms with Gasteiger partial charge in [0.15, 0.2) is 0 Å². The van der Waals surface area contributed by atoms with Gasteiger partial charge in [-0.3, -0.25) is 0 Å². The van der Waals surface area contributed by atoms with E-state index in [9.17, 15) is 0 Å². The average Bonchev–Trinajstić information content (AvgIpc) is 2.77. The van der Waals surface area contributed by atoms with Crippen LogP contribution in [0.5, 0.6) is 0 Å². The van der Waals surface area contributed by atoms with Crippen molar-refractivity contribution in [3.05, 3.63) is 35.9 Å². The Labute approximate surface area is 120 Å². The quantitative estimate of drug-likeness (QED) is 0.845. The molecule has 5 heteroatoms. The molecule has 1 aromatic rings. The van der Waals surface area contributed by atoms with Crippen molar-refractivity contribution in [1.82, 2.24) is 9.76 Å². The summed E-state index contributed by atoms with van der Waals surface area (Å²) in [6.45, 7) is 2.33. The fraction of sp³-hybridized carbons (Fsp3) is 0.571. The number of hydrogen-bond acceptors (Lipinski definition) is 2. The van der Waals surface area contributed by atoms with Crippen LogP contribution < -0.4 is 5.09 Å². The standard InChI is InChI=1S/C14H21N2OPS/c1-12-14(13-8-4-2-5-9-13)17-18(19,15-12)16-10-6-3-7-11-16/h2,4-5,8-9,12,14H,3,6-7,10-11H2,1H3,(H,15,19)/t12-,14-,18-/m1/s1. The maximum atomic E-state index is 6.33. The smallest absolute Gasteiger partial charge is 0.201 e. The SMILES string of the molecule is C[C@H]1N[P@@](=S)(N2CCCCC2)O[C@H]1c1ccccc1. The zero-order chi connectivity index (χ0) is 13.3. The number of nitrogens with one attached hydrogen (secondary N) is 1. The Morgan fingerprint density at radius 1 is 1.21 bits per heavy atom. The molecule has 0 radical (unpaired) electrons. The van der Waals surface area contributed by atoms with Crippen molar-refractivity contribution in [2.75, 3.05) is 13.1 Å². The topological polar surface area (TPSA) is 24.5 Å². The molecule has 2 aliphatic rings. The summed E-state index contributed by atoms with van der Waals surface area (Å²) in [6.07, 6.45) is 3.90. The van der Waals surface area contributed by atoms with Gasteiger partial charge >= 0.3 is 0 Å². The van der Waals surface area contributed by atoms with Crippen LogP contribution in [0.1, 0.15) is 37.9 Å². The van der Waals surface area contributed by atoms with Gasteiger partial charge in [-0.05, 0) is 37.1 Å². The van der Waals surface area contributed by atoms with E-state index in [1.54, 1.807) is 0 Å². The second kappa shape index (κ2) is 5.63. The lowest BCUT2D eigenvalue weighted by Crippen LogP contribution is -2.31. The molecule has 0 aliphatic carbocycles. The first-order chi connectivity index (χ1) is 9.19. The molecule has 3 rings (SSSR count). The Balaban J connectivity index is 1.79. The Bertz CT molecular complexity index is 476. The molecule has 0 saturated carbocycles. The summed E-state index contributed by atoms with van der Waals surface area (Å²) in [5, 5.41) is 3.58. The van der Waals surface area contributed by atoms with Crippen LogP contribution in [0.3, 0.4) is 0 Å². The number of piperidine rings is 1. The van der Waals surface area contributed by atoms with Crippen LogP contribution in [-0.2, 0) is 16.3 Å². The highest BCUT2D eigenvalue weighted by molar-refractivity contribution is 8.10. The van der Waals surface area contributed by atoms with Crippen molar-refractivity contribution < 1.29 is 4.52 Å². The van der Waals surface area contributed by atoms with Crippen molar-refractivity contribution in [2.24, 2.45) is 0 Å². The molecule has 0 unspecified atom stereocenters. The van der Waals surface area contributed by atoms with Crippen molar-refractivity contribution in [3.8, 4) is 0 Å². The van der Waals surface area contributed by atoms with Crippen LogP contribution in [-0.4, -0.2) is 23.8 Å². The molecule has 1 aromatic carbocycles. The lowest BCUT2D eigenvalue weighted by atomic mass is 10.0. The van der Waals surface area contributed by atoms with Crippen LogP contribution in [0.25, 0.3) is 0 Å². The highest BCUT2D eigenvalue weighted by Gasteiger charge is 2.41. The normalized spacial score (nSPS) is 36.5. The molecule has 0 spiro atoms. The van der Waals surface area contributed by atoms with E-state index in [-0.39, 0.29) is 12.1 Å². The van der Waals surface area contributed by atoms with Crippen molar-refractivity contribution >= 4 is 18.4 Å². The van der Waals surface area contributed by atoms with Crippen molar-refractivity contribution in [2.45, 2.75) is 38.3 Å². The summed E-state index contributed by atoms with van der Waals surface area (Å²) < 4.78 is 8.71. The van der Waals surface area contributed by atoms with Crippen LogP contribution >= 0.6 is 6.57 Å². The largest absolute Gasteiger partial charge is 0.317 e. The number of hydrogen-bond donors (Lipinski definition) is 1. The molecular formula is C14H21N2OPS. The molecule has 0 amide bonds. The number of nitrogens with zero attached hydrogens (tertiary/aromatic N) is 1. The van der Waals surface area contributed by atoms with Gasteiger partial charge in [0.05, 0.1) is 0 Å². The summed E-state index contributed by atoms with van der Waals surface area (Å²) in [5.74, 6) is 0. The Hall–Kier alpha value is -0.250. The summed E-state index contributed by atoms with van der Waals surface area (Å²) in [4.78, 5) is 0. The molecule has 104 valence electrons. The molecule has 2 saturated heterocycles. The summed E-state index contributed by atoms with van der Waals surface area (Å²) in [6, 6.07) is 10.7. The van der Waals surface area contributed by atoms with Gasteiger partial charge < -0.3 is 4.52 Å². The molecule has 1 N–H and O–H groups in total. The van der Waals surface area contributed by atoms with E-state index in [0.717, 1.165) is 13.1 Å². The fourth-order valence-electron chi connectivity index (χ4n) is 2.88. The minimum Gasteiger partial charge on any atom is -0.317 e.